The topological polar surface area (TPSA) is 35.1 Å². The van der Waals surface area contributed by atoms with E-state index < -0.39 is 0 Å². The van der Waals surface area contributed by atoms with Gasteiger partial charge in [-0.1, -0.05) is 23.7 Å². The summed E-state index contributed by atoms with van der Waals surface area (Å²) in [5.41, 5.74) is 3.90. The van der Waals surface area contributed by atoms with Gasteiger partial charge in [-0.05, 0) is 36.8 Å². The predicted octanol–water partition coefficient (Wildman–Crippen LogP) is 2.96. The normalized spacial score (nSPS) is 17.0. The molecule has 0 spiro atoms. The number of hydrogen-bond acceptors (Lipinski definition) is 2. The lowest BCUT2D eigenvalue weighted by atomic mass is 9.89. The Morgan fingerprint density at radius 2 is 1.95 bits per heavy atom. The minimum absolute atomic E-state index is 0.283. The highest BCUT2D eigenvalue weighted by Gasteiger charge is 2.27. The number of methoxy groups -OCH3 is 1. The standard InChI is InChI=1S/C18H20ClNO2/c1-3-22-17-10-13-8-9-20-18(15(13)11-16(17)21-2)12-4-6-14(19)7-5-12/h4-7,10-11,18,20H,3,8-9H2,1-2H3/p+1/t18-/m1/s1. The van der Waals surface area contributed by atoms with Crippen LogP contribution in [0.15, 0.2) is 36.4 Å². The van der Waals surface area contributed by atoms with Gasteiger partial charge in [0.05, 0.1) is 20.3 Å². The van der Waals surface area contributed by atoms with Crippen LogP contribution in [-0.4, -0.2) is 20.3 Å². The molecule has 0 saturated heterocycles. The van der Waals surface area contributed by atoms with Crippen LogP contribution in [0.25, 0.3) is 0 Å². The van der Waals surface area contributed by atoms with Gasteiger partial charge < -0.3 is 14.8 Å². The van der Waals surface area contributed by atoms with E-state index in [0.29, 0.717) is 6.61 Å². The molecule has 1 atom stereocenters. The number of halogens is 1. The maximum atomic E-state index is 6.01. The van der Waals surface area contributed by atoms with Gasteiger partial charge >= 0.3 is 0 Å². The van der Waals surface area contributed by atoms with Crippen LogP contribution < -0.4 is 14.8 Å². The second-order valence-corrected chi connectivity index (χ2v) is 5.87. The Labute approximate surface area is 136 Å². The molecular formula is C18H21ClNO2+. The molecule has 0 bridgehead atoms. The third kappa shape index (κ3) is 2.92. The van der Waals surface area contributed by atoms with E-state index in [1.165, 1.54) is 16.7 Å². The molecule has 116 valence electrons. The van der Waals surface area contributed by atoms with Crippen LogP contribution in [0.3, 0.4) is 0 Å². The van der Waals surface area contributed by atoms with E-state index in [0.717, 1.165) is 29.5 Å². The number of fused-ring (bicyclic) bond motifs is 1. The lowest BCUT2D eigenvalue weighted by Gasteiger charge is -2.25. The molecule has 2 aromatic rings. The Morgan fingerprint density at radius 1 is 1.18 bits per heavy atom. The number of ether oxygens (including phenoxy) is 2. The van der Waals surface area contributed by atoms with Gasteiger partial charge in [-0.25, -0.2) is 0 Å². The monoisotopic (exact) mass is 318 g/mol. The first kappa shape index (κ1) is 15.2. The fraction of sp³-hybridized carbons (Fsp3) is 0.333. The van der Waals surface area contributed by atoms with E-state index >= 15 is 0 Å². The minimum atomic E-state index is 0.283. The molecule has 1 aliphatic rings. The second kappa shape index (κ2) is 6.59. The van der Waals surface area contributed by atoms with Crippen molar-refractivity contribution >= 4 is 11.6 Å². The predicted molar refractivity (Wildman–Crippen MR) is 88.0 cm³/mol. The Morgan fingerprint density at radius 3 is 2.64 bits per heavy atom. The summed E-state index contributed by atoms with van der Waals surface area (Å²) in [4.78, 5) is 0. The highest BCUT2D eigenvalue weighted by Crippen LogP contribution is 2.35. The molecule has 0 amide bonds. The highest BCUT2D eigenvalue weighted by atomic mass is 35.5. The van der Waals surface area contributed by atoms with Crippen molar-refractivity contribution in [3.8, 4) is 11.5 Å². The number of hydrogen-bond donors (Lipinski definition) is 1. The van der Waals surface area contributed by atoms with Gasteiger partial charge in [0, 0.05) is 22.6 Å². The number of quaternary nitrogens is 1. The average Bonchev–Trinajstić information content (AvgIpc) is 2.55. The largest absolute Gasteiger partial charge is 0.493 e. The van der Waals surface area contributed by atoms with Crippen LogP contribution in [0.1, 0.15) is 29.7 Å². The van der Waals surface area contributed by atoms with Crippen molar-refractivity contribution in [2.24, 2.45) is 0 Å². The minimum Gasteiger partial charge on any atom is -0.493 e. The summed E-state index contributed by atoms with van der Waals surface area (Å²) in [6.07, 6.45) is 1.05. The van der Waals surface area contributed by atoms with E-state index in [4.69, 9.17) is 21.1 Å². The van der Waals surface area contributed by atoms with Crippen LogP contribution in [0.4, 0.5) is 0 Å². The molecule has 1 aliphatic heterocycles. The van der Waals surface area contributed by atoms with Crippen molar-refractivity contribution in [2.75, 3.05) is 20.3 Å². The summed E-state index contributed by atoms with van der Waals surface area (Å²) >= 11 is 6.01. The summed E-state index contributed by atoms with van der Waals surface area (Å²) in [6.45, 7) is 3.70. The molecule has 4 heteroatoms. The summed E-state index contributed by atoms with van der Waals surface area (Å²) in [7, 11) is 1.69. The fourth-order valence-corrected chi connectivity index (χ4v) is 3.20. The Hall–Kier alpha value is -1.71. The molecule has 0 radical (unpaired) electrons. The van der Waals surface area contributed by atoms with Gasteiger partial charge in [0.25, 0.3) is 0 Å². The lowest BCUT2D eigenvalue weighted by molar-refractivity contribution is -0.690. The lowest BCUT2D eigenvalue weighted by Crippen LogP contribution is -2.87. The molecule has 0 fully saturated rings. The van der Waals surface area contributed by atoms with Crippen LogP contribution in [0.2, 0.25) is 5.02 Å². The number of rotatable bonds is 4. The van der Waals surface area contributed by atoms with Gasteiger partial charge in [0.2, 0.25) is 0 Å². The molecule has 1 heterocycles. The molecule has 22 heavy (non-hydrogen) atoms. The third-order valence-corrected chi connectivity index (χ3v) is 4.36. The second-order valence-electron chi connectivity index (χ2n) is 5.44. The maximum Gasteiger partial charge on any atom is 0.161 e. The van der Waals surface area contributed by atoms with Crippen molar-refractivity contribution in [1.82, 2.24) is 0 Å². The van der Waals surface area contributed by atoms with Crippen molar-refractivity contribution in [1.29, 1.82) is 0 Å². The van der Waals surface area contributed by atoms with E-state index in [9.17, 15) is 0 Å². The van der Waals surface area contributed by atoms with Crippen molar-refractivity contribution in [2.45, 2.75) is 19.4 Å². The van der Waals surface area contributed by atoms with Gasteiger partial charge in [0.15, 0.2) is 11.5 Å². The first-order chi connectivity index (χ1) is 10.7. The van der Waals surface area contributed by atoms with E-state index in [2.05, 4.69) is 29.6 Å². The summed E-state index contributed by atoms with van der Waals surface area (Å²) in [5, 5.41) is 3.13. The third-order valence-electron chi connectivity index (χ3n) is 4.11. The molecule has 2 aromatic carbocycles. The Bertz CT molecular complexity index is 655. The van der Waals surface area contributed by atoms with Gasteiger partial charge in [-0.2, -0.15) is 0 Å². The van der Waals surface area contributed by atoms with Gasteiger partial charge in [-0.15, -0.1) is 0 Å². The van der Waals surface area contributed by atoms with Crippen molar-refractivity contribution in [3.63, 3.8) is 0 Å². The van der Waals surface area contributed by atoms with Crippen LogP contribution in [0, 0.1) is 0 Å². The van der Waals surface area contributed by atoms with Gasteiger partial charge in [-0.3, -0.25) is 0 Å². The van der Waals surface area contributed by atoms with Crippen molar-refractivity contribution in [3.05, 3.63) is 58.1 Å². The van der Waals surface area contributed by atoms with E-state index in [-0.39, 0.29) is 6.04 Å². The average molecular weight is 319 g/mol. The van der Waals surface area contributed by atoms with Gasteiger partial charge in [0.1, 0.15) is 6.04 Å². The zero-order valence-electron chi connectivity index (χ0n) is 12.9. The molecule has 0 aromatic heterocycles. The van der Waals surface area contributed by atoms with Crippen molar-refractivity contribution < 1.29 is 14.8 Å². The van der Waals surface area contributed by atoms with Crippen LogP contribution in [0.5, 0.6) is 11.5 Å². The molecule has 0 saturated carbocycles. The highest BCUT2D eigenvalue weighted by molar-refractivity contribution is 6.30. The smallest absolute Gasteiger partial charge is 0.161 e. The molecule has 0 unspecified atom stereocenters. The first-order valence-electron chi connectivity index (χ1n) is 7.65. The summed E-state index contributed by atoms with van der Waals surface area (Å²) in [6, 6.07) is 12.6. The SMILES string of the molecule is CCOc1cc2c(cc1OC)[C@@H](c1ccc(Cl)cc1)[NH2+]CC2. The maximum absolute atomic E-state index is 6.01. The molecule has 2 N–H and O–H groups in total. The van der Waals surface area contributed by atoms with E-state index in [1.54, 1.807) is 7.11 Å². The fourth-order valence-electron chi connectivity index (χ4n) is 3.07. The zero-order chi connectivity index (χ0) is 15.5. The quantitative estimate of drug-likeness (QED) is 0.940. The molecular weight excluding hydrogens is 298 g/mol. The number of benzene rings is 2. The number of nitrogens with two attached hydrogens (primary N) is 1. The van der Waals surface area contributed by atoms with Crippen LogP contribution in [-0.2, 0) is 6.42 Å². The van der Waals surface area contributed by atoms with E-state index in [1.807, 2.05) is 19.1 Å². The Kier molecular flexibility index (Phi) is 4.55. The molecule has 3 nitrogen and oxygen atoms in total. The Balaban J connectivity index is 2.03. The first-order valence-corrected chi connectivity index (χ1v) is 8.03. The summed E-state index contributed by atoms with van der Waals surface area (Å²) in [5.74, 6) is 1.63. The van der Waals surface area contributed by atoms with Crippen LogP contribution >= 0.6 is 11.6 Å². The zero-order valence-corrected chi connectivity index (χ0v) is 13.7. The molecule has 0 aliphatic carbocycles. The molecule has 3 rings (SSSR count). The summed E-state index contributed by atoms with van der Waals surface area (Å²) < 4.78 is 11.2.